The van der Waals surface area contributed by atoms with Crippen LogP contribution in [-0.4, -0.2) is 18.1 Å². The van der Waals surface area contributed by atoms with Crippen molar-refractivity contribution in [2.24, 2.45) is 5.41 Å². The molecule has 1 heterocycles. The molecule has 0 aliphatic heterocycles. The molecule has 1 rings (SSSR count). The number of hydrogen-bond donors (Lipinski definition) is 0. The Bertz CT molecular complexity index is 387. The predicted octanol–water partition coefficient (Wildman–Crippen LogP) is 3.83. The fourth-order valence-electron chi connectivity index (χ4n) is 1.65. The molecule has 0 radical (unpaired) electrons. The maximum atomic E-state index is 13.1. The minimum Gasteiger partial charge on any atom is -0.356 e. The van der Waals surface area contributed by atoms with E-state index in [0.29, 0.717) is 0 Å². The fraction of sp³-hybridized carbons (Fsp3) is 0.615. The largest absolute Gasteiger partial charge is 0.356 e. The Kier molecular flexibility index (Phi) is 4.36. The highest BCUT2D eigenvalue weighted by Crippen LogP contribution is 2.28. The normalized spacial score (nSPS) is 13.6. The second kappa shape index (κ2) is 5.21. The molecule has 96 valence electrons. The Labute approximate surface area is 108 Å². The lowest BCUT2D eigenvalue weighted by Gasteiger charge is -2.36. The minimum absolute atomic E-state index is 0.119. The van der Waals surface area contributed by atoms with Crippen LogP contribution in [0.2, 0.25) is 0 Å². The van der Waals surface area contributed by atoms with E-state index in [1.807, 2.05) is 7.05 Å². The highest BCUT2D eigenvalue weighted by molar-refractivity contribution is 6.17. The first-order valence-electron chi connectivity index (χ1n) is 5.70. The van der Waals surface area contributed by atoms with Gasteiger partial charge in [-0.25, -0.2) is 9.37 Å². The Balaban J connectivity index is 3.08. The van der Waals surface area contributed by atoms with E-state index in [1.165, 1.54) is 12.3 Å². The molecule has 2 nitrogen and oxygen atoms in total. The second-order valence-electron chi connectivity index (χ2n) is 5.42. The molecule has 0 saturated carbocycles. The summed E-state index contributed by atoms with van der Waals surface area (Å²) in [6.07, 6.45) is 1.23. The summed E-state index contributed by atoms with van der Waals surface area (Å²) in [5, 5.41) is 0. The van der Waals surface area contributed by atoms with Crippen LogP contribution in [0.1, 0.15) is 33.3 Å². The van der Waals surface area contributed by atoms with Crippen LogP contribution >= 0.6 is 11.6 Å². The standard InChI is InChI=1S/C13H20ClFN2/c1-9(13(2,3)4)17(5)12-10(7-14)6-11(15)8-16-12/h6,8-9H,7H2,1-5H3. The number of nitrogens with zero attached hydrogens (tertiary/aromatic N) is 2. The first kappa shape index (κ1) is 14.2. The number of hydrogen-bond acceptors (Lipinski definition) is 2. The Morgan fingerprint density at radius 3 is 2.53 bits per heavy atom. The summed E-state index contributed by atoms with van der Waals surface area (Å²) in [4.78, 5) is 6.20. The quantitative estimate of drug-likeness (QED) is 0.766. The van der Waals surface area contributed by atoms with Gasteiger partial charge in [0.05, 0.1) is 12.1 Å². The summed E-state index contributed by atoms with van der Waals surface area (Å²) in [6.45, 7) is 8.62. The van der Waals surface area contributed by atoms with Gasteiger partial charge in [-0.15, -0.1) is 11.6 Å². The molecular formula is C13H20ClFN2. The lowest BCUT2D eigenvalue weighted by Crippen LogP contribution is -2.40. The van der Waals surface area contributed by atoms with Gasteiger partial charge in [-0.2, -0.15) is 0 Å². The molecule has 0 spiro atoms. The summed E-state index contributed by atoms with van der Waals surface area (Å²) in [5.41, 5.74) is 0.847. The molecule has 0 aliphatic carbocycles. The smallest absolute Gasteiger partial charge is 0.141 e. The molecule has 0 aliphatic rings. The highest BCUT2D eigenvalue weighted by atomic mass is 35.5. The van der Waals surface area contributed by atoms with E-state index in [0.717, 1.165) is 11.4 Å². The number of pyridine rings is 1. The van der Waals surface area contributed by atoms with Gasteiger partial charge in [-0.1, -0.05) is 20.8 Å². The van der Waals surface area contributed by atoms with E-state index in [-0.39, 0.29) is 23.2 Å². The molecule has 1 atom stereocenters. The van der Waals surface area contributed by atoms with Crippen molar-refractivity contribution in [1.82, 2.24) is 4.98 Å². The van der Waals surface area contributed by atoms with E-state index in [1.54, 1.807) is 0 Å². The van der Waals surface area contributed by atoms with Gasteiger partial charge in [-0.05, 0) is 18.4 Å². The van der Waals surface area contributed by atoms with Gasteiger partial charge in [0.25, 0.3) is 0 Å². The molecule has 0 bridgehead atoms. The summed E-state index contributed by atoms with van der Waals surface area (Å²) >= 11 is 5.83. The molecule has 0 amide bonds. The Morgan fingerprint density at radius 2 is 2.06 bits per heavy atom. The molecule has 0 fully saturated rings. The number of anilines is 1. The van der Waals surface area contributed by atoms with E-state index in [2.05, 4.69) is 37.6 Å². The van der Waals surface area contributed by atoms with Gasteiger partial charge in [0.1, 0.15) is 11.6 Å². The Morgan fingerprint density at radius 1 is 1.47 bits per heavy atom. The zero-order valence-electron chi connectivity index (χ0n) is 11.1. The van der Waals surface area contributed by atoms with E-state index in [4.69, 9.17) is 11.6 Å². The van der Waals surface area contributed by atoms with Crippen molar-refractivity contribution >= 4 is 17.4 Å². The number of rotatable bonds is 3. The molecule has 17 heavy (non-hydrogen) atoms. The minimum atomic E-state index is -0.346. The summed E-state index contributed by atoms with van der Waals surface area (Å²) in [7, 11) is 1.96. The molecule has 1 aromatic heterocycles. The predicted molar refractivity (Wildman–Crippen MR) is 71.1 cm³/mol. The zero-order valence-corrected chi connectivity index (χ0v) is 11.8. The van der Waals surface area contributed by atoms with Crippen LogP contribution in [0.25, 0.3) is 0 Å². The average Bonchev–Trinajstić information content (AvgIpc) is 2.25. The van der Waals surface area contributed by atoms with Crippen LogP contribution in [0, 0.1) is 11.2 Å². The van der Waals surface area contributed by atoms with Crippen LogP contribution in [0.4, 0.5) is 10.2 Å². The maximum Gasteiger partial charge on any atom is 0.141 e. The molecule has 0 saturated heterocycles. The van der Waals surface area contributed by atoms with Crippen LogP contribution in [0.5, 0.6) is 0 Å². The first-order valence-corrected chi connectivity index (χ1v) is 6.24. The third-order valence-corrected chi connectivity index (χ3v) is 3.51. The molecule has 0 N–H and O–H groups in total. The third-order valence-electron chi connectivity index (χ3n) is 3.22. The molecule has 0 aromatic carbocycles. The molecular weight excluding hydrogens is 239 g/mol. The van der Waals surface area contributed by atoms with Gasteiger partial charge in [-0.3, -0.25) is 0 Å². The van der Waals surface area contributed by atoms with E-state index >= 15 is 0 Å². The van der Waals surface area contributed by atoms with Gasteiger partial charge >= 0.3 is 0 Å². The Hall–Kier alpha value is -0.830. The second-order valence-corrected chi connectivity index (χ2v) is 5.69. The lowest BCUT2D eigenvalue weighted by molar-refractivity contribution is 0.328. The first-order chi connectivity index (χ1) is 7.77. The van der Waals surface area contributed by atoms with E-state index < -0.39 is 0 Å². The van der Waals surface area contributed by atoms with Gasteiger partial charge in [0.2, 0.25) is 0 Å². The monoisotopic (exact) mass is 258 g/mol. The van der Waals surface area contributed by atoms with Gasteiger partial charge < -0.3 is 4.90 Å². The summed E-state index contributed by atoms with van der Waals surface area (Å²) in [5.74, 6) is 0.673. The zero-order chi connectivity index (χ0) is 13.2. The number of halogens is 2. The number of aromatic nitrogens is 1. The summed E-state index contributed by atoms with van der Waals surface area (Å²) in [6, 6.07) is 1.73. The molecule has 4 heteroatoms. The molecule has 1 unspecified atom stereocenters. The van der Waals surface area contributed by atoms with Crippen LogP contribution in [0.3, 0.4) is 0 Å². The van der Waals surface area contributed by atoms with Gasteiger partial charge in [0, 0.05) is 18.7 Å². The lowest BCUT2D eigenvalue weighted by atomic mass is 9.87. The van der Waals surface area contributed by atoms with Gasteiger partial charge in [0.15, 0.2) is 0 Å². The SMILES string of the molecule is CC(N(C)c1ncc(F)cc1CCl)C(C)(C)C. The van der Waals surface area contributed by atoms with Crippen molar-refractivity contribution in [3.63, 3.8) is 0 Å². The third kappa shape index (κ3) is 3.32. The van der Waals surface area contributed by atoms with Crippen molar-refractivity contribution in [2.45, 2.75) is 39.6 Å². The van der Waals surface area contributed by atoms with Crippen LogP contribution in [-0.2, 0) is 5.88 Å². The van der Waals surface area contributed by atoms with Crippen molar-refractivity contribution in [2.75, 3.05) is 11.9 Å². The van der Waals surface area contributed by atoms with Crippen LogP contribution in [0.15, 0.2) is 12.3 Å². The average molecular weight is 259 g/mol. The van der Waals surface area contributed by atoms with Crippen molar-refractivity contribution < 1.29 is 4.39 Å². The molecule has 1 aromatic rings. The van der Waals surface area contributed by atoms with E-state index in [9.17, 15) is 4.39 Å². The van der Waals surface area contributed by atoms with Crippen LogP contribution < -0.4 is 4.90 Å². The van der Waals surface area contributed by atoms with Crippen molar-refractivity contribution in [1.29, 1.82) is 0 Å². The maximum absolute atomic E-state index is 13.1. The van der Waals surface area contributed by atoms with Crippen molar-refractivity contribution in [3.8, 4) is 0 Å². The van der Waals surface area contributed by atoms with Crippen molar-refractivity contribution in [3.05, 3.63) is 23.6 Å². The highest BCUT2D eigenvalue weighted by Gasteiger charge is 2.26. The summed E-state index contributed by atoms with van der Waals surface area (Å²) < 4.78 is 13.1. The fourth-order valence-corrected chi connectivity index (χ4v) is 1.85. The number of alkyl halides is 1. The topological polar surface area (TPSA) is 16.1 Å².